The number of amides is 1. The van der Waals surface area contributed by atoms with E-state index in [-0.39, 0.29) is 18.2 Å². The van der Waals surface area contributed by atoms with Crippen molar-refractivity contribution in [1.29, 1.82) is 0 Å². The van der Waals surface area contributed by atoms with E-state index in [0.717, 1.165) is 16.5 Å². The van der Waals surface area contributed by atoms with Gasteiger partial charge in [-0.05, 0) is 23.6 Å². The number of carbonyl (C=O) groups is 1. The van der Waals surface area contributed by atoms with Crippen LogP contribution in [-0.2, 0) is 9.53 Å². The fourth-order valence-corrected chi connectivity index (χ4v) is 2.96. The van der Waals surface area contributed by atoms with E-state index in [2.05, 4.69) is 0 Å². The summed E-state index contributed by atoms with van der Waals surface area (Å²) in [6, 6.07) is 19.7. The van der Waals surface area contributed by atoms with Crippen molar-refractivity contribution in [3.05, 3.63) is 88.6 Å². The van der Waals surface area contributed by atoms with Crippen molar-refractivity contribution < 1.29 is 14.5 Å². The van der Waals surface area contributed by atoms with E-state index in [0.29, 0.717) is 11.3 Å². The van der Waals surface area contributed by atoms with Crippen molar-refractivity contribution in [2.75, 3.05) is 11.5 Å². The molecule has 0 radical (unpaired) electrons. The molecule has 0 unspecified atom stereocenters. The van der Waals surface area contributed by atoms with Gasteiger partial charge < -0.3 is 4.74 Å². The lowest BCUT2D eigenvalue weighted by molar-refractivity contribution is -0.384. The van der Waals surface area contributed by atoms with E-state index in [4.69, 9.17) is 4.74 Å². The maximum Gasteiger partial charge on any atom is 0.269 e. The van der Waals surface area contributed by atoms with E-state index in [9.17, 15) is 14.9 Å². The fourth-order valence-electron chi connectivity index (χ4n) is 2.96. The number of nitro benzene ring substituents is 1. The second-order valence-corrected chi connectivity index (χ2v) is 5.85. The highest BCUT2D eigenvalue weighted by molar-refractivity contribution is 6.07. The Morgan fingerprint density at radius 1 is 0.962 bits per heavy atom. The Labute approximate surface area is 149 Å². The number of anilines is 1. The first kappa shape index (κ1) is 15.8. The van der Waals surface area contributed by atoms with Gasteiger partial charge in [-0.2, -0.15) is 0 Å². The van der Waals surface area contributed by atoms with Crippen LogP contribution in [0.15, 0.2) is 72.9 Å². The number of carbonyl (C=O) groups excluding carboxylic acids is 1. The van der Waals surface area contributed by atoms with Crippen molar-refractivity contribution in [2.45, 2.75) is 0 Å². The van der Waals surface area contributed by atoms with Crippen molar-refractivity contribution in [1.82, 2.24) is 0 Å². The molecule has 0 saturated carbocycles. The highest BCUT2D eigenvalue weighted by Gasteiger charge is 2.23. The van der Waals surface area contributed by atoms with Crippen LogP contribution in [0.25, 0.3) is 16.5 Å². The molecule has 0 bridgehead atoms. The molecule has 0 atom stereocenters. The van der Waals surface area contributed by atoms with Crippen LogP contribution < -0.4 is 4.90 Å². The van der Waals surface area contributed by atoms with Gasteiger partial charge in [0.2, 0.25) is 0 Å². The predicted molar refractivity (Wildman–Crippen MR) is 98.5 cm³/mol. The molecule has 1 aliphatic heterocycles. The summed E-state index contributed by atoms with van der Waals surface area (Å²) in [5, 5.41) is 12.8. The third kappa shape index (κ3) is 2.77. The molecular formula is C20H14N2O4. The largest absolute Gasteiger partial charge is 0.482 e. The van der Waals surface area contributed by atoms with Gasteiger partial charge in [0.25, 0.3) is 11.6 Å². The number of ether oxygens (including phenoxy) is 1. The van der Waals surface area contributed by atoms with Crippen molar-refractivity contribution in [3.63, 3.8) is 0 Å². The molecule has 0 fully saturated rings. The van der Waals surface area contributed by atoms with Gasteiger partial charge in [0.05, 0.1) is 16.8 Å². The van der Waals surface area contributed by atoms with Crippen LogP contribution in [0, 0.1) is 10.1 Å². The van der Waals surface area contributed by atoms with E-state index in [1.54, 1.807) is 23.2 Å². The number of non-ortho nitro benzene ring substituents is 1. The Morgan fingerprint density at radius 3 is 2.46 bits per heavy atom. The Hall–Kier alpha value is -3.67. The lowest BCUT2D eigenvalue weighted by Gasteiger charge is -2.26. The Morgan fingerprint density at radius 2 is 1.69 bits per heavy atom. The van der Waals surface area contributed by atoms with E-state index >= 15 is 0 Å². The second-order valence-electron chi connectivity index (χ2n) is 5.85. The topological polar surface area (TPSA) is 72.7 Å². The molecule has 4 rings (SSSR count). The van der Waals surface area contributed by atoms with Gasteiger partial charge in [0.1, 0.15) is 5.76 Å². The van der Waals surface area contributed by atoms with Crippen LogP contribution in [0.3, 0.4) is 0 Å². The van der Waals surface area contributed by atoms with Crippen LogP contribution in [-0.4, -0.2) is 17.4 Å². The molecule has 3 aromatic rings. The SMILES string of the molecule is O=C1COC(c2ccc([N+](=O)[O-])cc2)=CN1c1cccc2ccccc12. The van der Waals surface area contributed by atoms with Gasteiger partial charge >= 0.3 is 0 Å². The quantitative estimate of drug-likeness (QED) is 0.528. The minimum absolute atomic E-state index is 0.00662. The van der Waals surface area contributed by atoms with Crippen LogP contribution in [0.4, 0.5) is 11.4 Å². The molecule has 1 amide bonds. The summed E-state index contributed by atoms with van der Waals surface area (Å²) in [7, 11) is 0. The molecule has 26 heavy (non-hydrogen) atoms. The van der Waals surface area contributed by atoms with Crippen molar-refractivity contribution in [3.8, 4) is 0 Å². The maximum absolute atomic E-state index is 12.4. The second kappa shape index (κ2) is 6.33. The highest BCUT2D eigenvalue weighted by atomic mass is 16.6. The number of hydrogen-bond acceptors (Lipinski definition) is 4. The summed E-state index contributed by atoms with van der Waals surface area (Å²) in [6.45, 7) is -0.0912. The lowest BCUT2D eigenvalue weighted by Crippen LogP contribution is -2.33. The third-order valence-corrected chi connectivity index (χ3v) is 4.25. The Balaban J connectivity index is 1.77. The fraction of sp³-hybridized carbons (Fsp3) is 0.0500. The molecular weight excluding hydrogens is 332 g/mol. The van der Waals surface area contributed by atoms with Gasteiger partial charge in [-0.3, -0.25) is 19.8 Å². The van der Waals surface area contributed by atoms with Crippen LogP contribution in [0.5, 0.6) is 0 Å². The molecule has 0 aliphatic carbocycles. The van der Waals surface area contributed by atoms with Gasteiger partial charge in [0, 0.05) is 23.1 Å². The first-order valence-corrected chi connectivity index (χ1v) is 8.03. The van der Waals surface area contributed by atoms with Crippen molar-refractivity contribution in [2.24, 2.45) is 0 Å². The van der Waals surface area contributed by atoms with Crippen LogP contribution >= 0.6 is 0 Å². The van der Waals surface area contributed by atoms with E-state index in [1.165, 1.54) is 12.1 Å². The Bertz CT molecular complexity index is 1040. The molecule has 1 aliphatic rings. The number of fused-ring (bicyclic) bond motifs is 1. The van der Waals surface area contributed by atoms with E-state index in [1.807, 2.05) is 42.5 Å². The summed E-state index contributed by atoms with van der Waals surface area (Å²) in [5.41, 5.74) is 1.45. The summed E-state index contributed by atoms with van der Waals surface area (Å²) in [4.78, 5) is 24.3. The normalized spacial score (nSPS) is 14.1. The molecule has 1 heterocycles. The summed E-state index contributed by atoms with van der Waals surface area (Å²) in [6.07, 6.45) is 1.63. The molecule has 0 aromatic heterocycles. The minimum Gasteiger partial charge on any atom is -0.482 e. The summed E-state index contributed by atoms with van der Waals surface area (Å²) >= 11 is 0. The zero-order valence-electron chi connectivity index (χ0n) is 13.7. The van der Waals surface area contributed by atoms with Crippen LogP contribution in [0.1, 0.15) is 5.56 Å². The van der Waals surface area contributed by atoms with Gasteiger partial charge in [-0.25, -0.2) is 0 Å². The number of rotatable bonds is 3. The summed E-state index contributed by atoms with van der Waals surface area (Å²) < 4.78 is 5.54. The average molecular weight is 346 g/mol. The Kier molecular flexibility index (Phi) is 3.85. The molecule has 0 spiro atoms. The zero-order chi connectivity index (χ0) is 18.1. The van der Waals surface area contributed by atoms with Gasteiger partial charge in [-0.1, -0.05) is 36.4 Å². The number of nitro groups is 1. The average Bonchev–Trinajstić information content (AvgIpc) is 2.68. The lowest BCUT2D eigenvalue weighted by atomic mass is 10.1. The van der Waals surface area contributed by atoms with Crippen molar-refractivity contribution >= 4 is 33.8 Å². The highest BCUT2D eigenvalue weighted by Crippen LogP contribution is 2.31. The molecule has 6 nitrogen and oxygen atoms in total. The molecule has 128 valence electrons. The molecule has 3 aromatic carbocycles. The molecule has 0 saturated heterocycles. The summed E-state index contributed by atoms with van der Waals surface area (Å²) in [5.74, 6) is 0.319. The van der Waals surface area contributed by atoms with Gasteiger partial charge in [0.15, 0.2) is 6.61 Å². The van der Waals surface area contributed by atoms with Gasteiger partial charge in [-0.15, -0.1) is 0 Å². The number of nitrogens with zero attached hydrogens (tertiary/aromatic N) is 2. The number of benzene rings is 3. The smallest absolute Gasteiger partial charge is 0.269 e. The maximum atomic E-state index is 12.4. The molecule has 6 heteroatoms. The minimum atomic E-state index is -0.453. The standard InChI is InChI=1S/C20H14N2O4/c23-20-13-26-19(15-8-10-16(11-9-15)22(24)25)12-21(20)18-7-3-5-14-4-1-2-6-17(14)18/h1-12H,13H2. The van der Waals surface area contributed by atoms with E-state index < -0.39 is 4.92 Å². The third-order valence-electron chi connectivity index (χ3n) is 4.25. The first-order chi connectivity index (χ1) is 12.6. The molecule has 0 N–H and O–H groups in total. The first-order valence-electron chi connectivity index (χ1n) is 8.03. The number of hydrogen-bond donors (Lipinski definition) is 0. The predicted octanol–water partition coefficient (Wildman–Crippen LogP) is 4.11. The zero-order valence-corrected chi connectivity index (χ0v) is 13.7. The monoisotopic (exact) mass is 346 g/mol. The van der Waals surface area contributed by atoms with Crippen LogP contribution in [0.2, 0.25) is 0 Å².